The molecular weight excluding hydrogens is 335 g/mol. The fourth-order valence-corrected chi connectivity index (χ4v) is 2.01. The van der Waals surface area contributed by atoms with Gasteiger partial charge < -0.3 is 11.1 Å². The third kappa shape index (κ3) is 3.24. The van der Waals surface area contributed by atoms with E-state index < -0.39 is 11.7 Å². The number of hydrogen-bond donors (Lipinski definition) is 2. The number of rotatable bonds is 2. The van der Waals surface area contributed by atoms with Crippen LogP contribution in [-0.4, -0.2) is 5.91 Å². The van der Waals surface area contributed by atoms with E-state index in [0.29, 0.717) is 20.9 Å². The van der Waals surface area contributed by atoms with E-state index in [9.17, 15) is 9.18 Å². The molecule has 3 nitrogen and oxygen atoms in total. The van der Waals surface area contributed by atoms with E-state index >= 15 is 0 Å². The maximum Gasteiger partial charge on any atom is 0.258 e. The molecule has 0 aliphatic carbocycles. The van der Waals surface area contributed by atoms with Gasteiger partial charge in [0.2, 0.25) is 0 Å². The van der Waals surface area contributed by atoms with Crippen LogP contribution < -0.4 is 11.1 Å². The number of nitrogens with one attached hydrogen (secondary N) is 1. The van der Waals surface area contributed by atoms with Gasteiger partial charge in [-0.25, -0.2) is 4.39 Å². The van der Waals surface area contributed by atoms with E-state index in [1.54, 1.807) is 18.2 Å². The highest BCUT2D eigenvalue weighted by Crippen LogP contribution is 2.24. The number of hydrogen-bond acceptors (Lipinski definition) is 2. The maximum absolute atomic E-state index is 13.6. The van der Waals surface area contributed by atoms with Crippen LogP contribution in [0.4, 0.5) is 15.8 Å². The third-order valence-corrected chi connectivity index (χ3v) is 3.17. The van der Waals surface area contributed by atoms with E-state index in [1.165, 1.54) is 18.2 Å². The fraction of sp³-hybridized carbons (Fsp3) is 0. The largest absolute Gasteiger partial charge is 0.397 e. The van der Waals surface area contributed by atoms with Gasteiger partial charge in [-0.15, -0.1) is 0 Å². The Hall–Kier alpha value is -1.59. The molecule has 3 N–H and O–H groups in total. The van der Waals surface area contributed by atoms with Crippen molar-refractivity contribution in [3.05, 3.63) is 57.3 Å². The molecule has 0 aromatic heterocycles. The number of benzene rings is 2. The quantitative estimate of drug-likeness (QED) is 0.807. The molecule has 0 atom stereocenters. The smallest absolute Gasteiger partial charge is 0.258 e. The average Bonchev–Trinajstić information content (AvgIpc) is 2.33. The second kappa shape index (κ2) is 5.59. The van der Waals surface area contributed by atoms with Gasteiger partial charge in [-0.1, -0.05) is 27.5 Å². The van der Waals surface area contributed by atoms with Crippen molar-refractivity contribution in [1.82, 2.24) is 0 Å². The molecule has 2 aromatic carbocycles. The zero-order chi connectivity index (χ0) is 14.0. The van der Waals surface area contributed by atoms with Crippen LogP contribution in [0.2, 0.25) is 5.02 Å². The monoisotopic (exact) mass is 342 g/mol. The molecule has 0 bridgehead atoms. The Kier molecular flexibility index (Phi) is 4.07. The lowest BCUT2D eigenvalue weighted by Gasteiger charge is -2.09. The minimum Gasteiger partial charge on any atom is -0.397 e. The topological polar surface area (TPSA) is 55.1 Å². The van der Waals surface area contributed by atoms with Crippen LogP contribution in [0.3, 0.4) is 0 Å². The van der Waals surface area contributed by atoms with Crippen LogP contribution in [0.15, 0.2) is 40.9 Å². The Morgan fingerprint density at radius 2 is 2.00 bits per heavy atom. The third-order valence-electron chi connectivity index (χ3n) is 2.44. The van der Waals surface area contributed by atoms with Crippen molar-refractivity contribution >= 4 is 44.8 Å². The van der Waals surface area contributed by atoms with Crippen molar-refractivity contribution < 1.29 is 9.18 Å². The van der Waals surface area contributed by atoms with Gasteiger partial charge in [-0.05, 0) is 36.4 Å². The van der Waals surface area contributed by atoms with Crippen LogP contribution in [0.1, 0.15) is 10.4 Å². The Balaban J connectivity index is 2.28. The van der Waals surface area contributed by atoms with Crippen LogP contribution in [0, 0.1) is 5.82 Å². The molecule has 0 radical (unpaired) electrons. The van der Waals surface area contributed by atoms with Crippen molar-refractivity contribution in [3.63, 3.8) is 0 Å². The normalized spacial score (nSPS) is 10.3. The minimum absolute atomic E-state index is 0.0671. The first-order chi connectivity index (χ1) is 8.97. The summed E-state index contributed by atoms with van der Waals surface area (Å²) in [4.78, 5) is 11.9. The molecule has 19 heavy (non-hydrogen) atoms. The van der Waals surface area contributed by atoms with Crippen LogP contribution >= 0.6 is 27.5 Å². The number of amides is 1. The van der Waals surface area contributed by atoms with Gasteiger partial charge in [0, 0.05) is 9.50 Å². The summed E-state index contributed by atoms with van der Waals surface area (Å²) in [6, 6.07) is 8.86. The molecule has 0 aliphatic rings. The lowest BCUT2D eigenvalue weighted by Crippen LogP contribution is -2.14. The summed E-state index contributed by atoms with van der Waals surface area (Å²) in [5.41, 5.74) is 6.34. The molecule has 1 amide bonds. The standard InChI is InChI=1S/C13H9BrClFN2O/c14-7-1-3-9(10(16)5-7)13(19)18-12-6-8(15)2-4-11(12)17/h1-6H,17H2,(H,18,19). The molecule has 2 rings (SSSR count). The predicted octanol–water partition coefficient (Wildman–Crippen LogP) is 4.08. The van der Waals surface area contributed by atoms with E-state index in [0.717, 1.165) is 0 Å². The minimum atomic E-state index is -0.618. The number of nitrogen functional groups attached to an aromatic ring is 1. The first-order valence-corrected chi connectivity index (χ1v) is 6.46. The van der Waals surface area contributed by atoms with Crippen LogP contribution in [-0.2, 0) is 0 Å². The summed E-state index contributed by atoms with van der Waals surface area (Å²) in [6.45, 7) is 0. The van der Waals surface area contributed by atoms with Crippen molar-refractivity contribution in [2.24, 2.45) is 0 Å². The van der Waals surface area contributed by atoms with Gasteiger partial charge >= 0.3 is 0 Å². The number of anilines is 2. The number of carbonyl (C=O) groups excluding carboxylic acids is 1. The molecule has 0 fully saturated rings. The zero-order valence-electron chi connectivity index (χ0n) is 9.58. The van der Waals surface area contributed by atoms with Gasteiger partial charge in [0.1, 0.15) is 5.82 Å². The second-order valence-electron chi connectivity index (χ2n) is 3.81. The molecule has 0 saturated carbocycles. The van der Waals surface area contributed by atoms with E-state index in [4.69, 9.17) is 17.3 Å². The molecular formula is C13H9BrClFN2O. The highest BCUT2D eigenvalue weighted by atomic mass is 79.9. The summed E-state index contributed by atoms with van der Waals surface area (Å²) >= 11 is 8.94. The Bertz CT molecular complexity index is 649. The maximum atomic E-state index is 13.6. The second-order valence-corrected chi connectivity index (χ2v) is 5.16. The van der Waals surface area contributed by atoms with Gasteiger partial charge in [0.25, 0.3) is 5.91 Å². The predicted molar refractivity (Wildman–Crippen MR) is 77.9 cm³/mol. The molecule has 98 valence electrons. The molecule has 0 aliphatic heterocycles. The van der Waals surface area contributed by atoms with E-state index in [2.05, 4.69) is 21.2 Å². The lowest BCUT2D eigenvalue weighted by molar-refractivity contribution is 0.102. The SMILES string of the molecule is Nc1ccc(Cl)cc1NC(=O)c1ccc(Br)cc1F. The zero-order valence-corrected chi connectivity index (χ0v) is 11.9. The molecule has 6 heteroatoms. The number of halogens is 3. The summed E-state index contributed by atoms with van der Waals surface area (Å²) < 4.78 is 14.2. The van der Waals surface area contributed by atoms with Crippen LogP contribution in [0.5, 0.6) is 0 Å². The highest BCUT2D eigenvalue weighted by molar-refractivity contribution is 9.10. The molecule has 0 unspecified atom stereocenters. The summed E-state index contributed by atoms with van der Waals surface area (Å²) in [6.07, 6.45) is 0. The van der Waals surface area contributed by atoms with Gasteiger partial charge in [0.15, 0.2) is 0 Å². The first kappa shape index (κ1) is 13.8. The Labute approximate surface area is 122 Å². The first-order valence-electron chi connectivity index (χ1n) is 5.29. The average molecular weight is 344 g/mol. The van der Waals surface area contributed by atoms with Crippen LogP contribution in [0.25, 0.3) is 0 Å². The number of carbonyl (C=O) groups is 1. The van der Waals surface area contributed by atoms with Crippen molar-refractivity contribution in [3.8, 4) is 0 Å². The van der Waals surface area contributed by atoms with Gasteiger partial charge in [0.05, 0.1) is 16.9 Å². The fourth-order valence-electron chi connectivity index (χ4n) is 1.50. The van der Waals surface area contributed by atoms with Crippen molar-refractivity contribution in [2.75, 3.05) is 11.1 Å². The summed E-state index contributed by atoms with van der Waals surface area (Å²) in [5.74, 6) is -1.20. The lowest BCUT2D eigenvalue weighted by atomic mass is 10.2. The molecule has 2 aromatic rings. The van der Waals surface area contributed by atoms with E-state index in [-0.39, 0.29) is 5.56 Å². The highest BCUT2D eigenvalue weighted by Gasteiger charge is 2.13. The molecule has 0 saturated heterocycles. The van der Waals surface area contributed by atoms with Crippen molar-refractivity contribution in [2.45, 2.75) is 0 Å². The Morgan fingerprint density at radius 3 is 2.68 bits per heavy atom. The van der Waals surface area contributed by atoms with Gasteiger partial charge in [-0.3, -0.25) is 4.79 Å². The van der Waals surface area contributed by atoms with E-state index in [1.807, 2.05) is 0 Å². The summed E-state index contributed by atoms with van der Waals surface area (Å²) in [5, 5.41) is 2.96. The molecule has 0 heterocycles. The number of nitrogens with two attached hydrogens (primary N) is 1. The van der Waals surface area contributed by atoms with Crippen molar-refractivity contribution in [1.29, 1.82) is 0 Å². The summed E-state index contributed by atoms with van der Waals surface area (Å²) in [7, 11) is 0. The molecule has 0 spiro atoms. The van der Waals surface area contributed by atoms with Gasteiger partial charge in [-0.2, -0.15) is 0 Å². The Morgan fingerprint density at radius 1 is 1.26 bits per heavy atom.